The molecule has 9 heteroatoms. The van der Waals surface area contributed by atoms with E-state index in [9.17, 15) is 4.39 Å². The molecule has 2 aromatic carbocycles. The second-order valence-corrected chi connectivity index (χ2v) is 10.1. The zero-order valence-electron chi connectivity index (χ0n) is 23.4. The maximum absolute atomic E-state index is 13.8. The number of nitrogens with zero attached hydrogens (tertiary/aromatic N) is 6. The van der Waals surface area contributed by atoms with Crippen LogP contribution in [0.4, 0.5) is 16.0 Å². The molecule has 208 valence electrons. The Labute approximate surface area is 238 Å². The topological polar surface area (TPSA) is 90.1 Å². The van der Waals surface area contributed by atoms with E-state index in [1.54, 1.807) is 24.5 Å². The number of fused-ring (bicyclic) bond motifs is 2. The van der Waals surface area contributed by atoms with Crippen molar-refractivity contribution in [1.82, 2.24) is 24.5 Å². The van der Waals surface area contributed by atoms with Crippen LogP contribution in [0.5, 0.6) is 5.88 Å². The summed E-state index contributed by atoms with van der Waals surface area (Å²) >= 11 is 0. The summed E-state index contributed by atoms with van der Waals surface area (Å²) in [5.74, 6) is 1.79. The second-order valence-electron chi connectivity index (χ2n) is 10.1. The summed E-state index contributed by atoms with van der Waals surface area (Å²) < 4.78 is 22.3. The minimum atomic E-state index is -0.285. The van der Waals surface area contributed by atoms with Crippen LogP contribution in [-0.2, 0) is 6.42 Å². The molecule has 1 aliphatic heterocycles. The fraction of sp³-hybridized carbons (Fsp3) is 0.281. The molecule has 4 heterocycles. The third-order valence-corrected chi connectivity index (χ3v) is 7.29. The van der Waals surface area contributed by atoms with E-state index in [1.807, 2.05) is 32.0 Å². The fourth-order valence-electron chi connectivity index (χ4n) is 5.31. The van der Waals surface area contributed by atoms with E-state index < -0.39 is 0 Å². The van der Waals surface area contributed by atoms with Crippen LogP contribution in [0.25, 0.3) is 33.5 Å². The average Bonchev–Trinajstić information content (AvgIpc) is 3.56. The third kappa shape index (κ3) is 5.27. The van der Waals surface area contributed by atoms with E-state index in [4.69, 9.17) is 19.7 Å². The number of halogens is 1. The van der Waals surface area contributed by atoms with Crippen LogP contribution in [0.1, 0.15) is 44.1 Å². The van der Waals surface area contributed by atoms with Gasteiger partial charge in [-0.25, -0.2) is 24.3 Å². The van der Waals surface area contributed by atoms with Crippen molar-refractivity contribution in [2.24, 2.45) is 4.99 Å². The third-order valence-electron chi connectivity index (χ3n) is 7.29. The first kappa shape index (κ1) is 26.6. The number of aromatic nitrogens is 5. The van der Waals surface area contributed by atoms with E-state index in [2.05, 4.69) is 38.9 Å². The first-order valence-electron chi connectivity index (χ1n) is 14.0. The van der Waals surface area contributed by atoms with Crippen LogP contribution < -0.4 is 10.1 Å². The maximum Gasteiger partial charge on any atom is 0.223 e. The summed E-state index contributed by atoms with van der Waals surface area (Å²) in [4.78, 5) is 23.6. The number of benzene rings is 2. The lowest BCUT2D eigenvalue weighted by Crippen LogP contribution is -2.16. The Morgan fingerprint density at radius 2 is 1.90 bits per heavy atom. The predicted molar refractivity (Wildman–Crippen MR) is 161 cm³/mol. The second kappa shape index (κ2) is 11.4. The van der Waals surface area contributed by atoms with Crippen LogP contribution in [-0.4, -0.2) is 43.9 Å². The van der Waals surface area contributed by atoms with Gasteiger partial charge in [0.2, 0.25) is 11.8 Å². The lowest BCUT2D eigenvalue weighted by molar-refractivity contribution is 0.248. The Kier molecular flexibility index (Phi) is 7.41. The van der Waals surface area contributed by atoms with Gasteiger partial charge in [-0.2, -0.15) is 0 Å². The van der Waals surface area contributed by atoms with Crippen molar-refractivity contribution in [3.05, 3.63) is 78.0 Å². The van der Waals surface area contributed by atoms with Crippen LogP contribution in [0.2, 0.25) is 0 Å². The SMILES string of the molecule is CC=Nc1c(C)ccc2ccc(OCC3CCc4nc(-c5ccc(F)cc5)c(-c5ccnc(NCCC)n5)n43)nc12. The Hall–Kier alpha value is -4.66. The van der Waals surface area contributed by atoms with Gasteiger partial charge in [0.25, 0.3) is 0 Å². The largest absolute Gasteiger partial charge is 0.475 e. The Morgan fingerprint density at radius 3 is 2.71 bits per heavy atom. The van der Waals surface area contributed by atoms with Crippen molar-refractivity contribution in [2.45, 2.75) is 46.1 Å². The number of anilines is 1. The van der Waals surface area contributed by atoms with Gasteiger partial charge in [-0.3, -0.25) is 4.99 Å². The lowest BCUT2D eigenvalue weighted by Gasteiger charge is -2.18. The van der Waals surface area contributed by atoms with Gasteiger partial charge in [0, 0.05) is 42.4 Å². The number of hydrogen-bond donors (Lipinski definition) is 1. The summed E-state index contributed by atoms with van der Waals surface area (Å²) in [5.41, 5.74) is 5.98. The standard InChI is InChI=1S/C32H32FN7O/c1-4-17-35-32-36-18-16-25(37-32)31-30(22-8-11-23(33)12-9-22)38-26-14-13-24(40(26)31)19-41-27-15-10-21-7-6-20(3)28(34-5-2)29(21)39-27/h5-12,15-16,18,24H,4,13-14,17,19H2,1-3H3,(H,35,36,37). The molecule has 3 aromatic heterocycles. The van der Waals surface area contributed by atoms with E-state index in [0.29, 0.717) is 18.4 Å². The van der Waals surface area contributed by atoms with Crippen molar-refractivity contribution in [2.75, 3.05) is 18.5 Å². The molecule has 0 aliphatic carbocycles. The van der Waals surface area contributed by atoms with Crippen LogP contribution in [0.15, 0.2) is 65.8 Å². The first-order chi connectivity index (χ1) is 20.1. The molecule has 1 N–H and O–H groups in total. The predicted octanol–water partition coefficient (Wildman–Crippen LogP) is 7.11. The highest BCUT2D eigenvalue weighted by Gasteiger charge is 2.31. The molecule has 1 unspecified atom stereocenters. The quantitative estimate of drug-likeness (QED) is 0.197. The molecule has 0 saturated carbocycles. The molecule has 5 aromatic rings. The number of hydrogen-bond acceptors (Lipinski definition) is 7. The molecule has 0 bridgehead atoms. The van der Waals surface area contributed by atoms with Crippen molar-refractivity contribution < 1.29 is 9.13 Å². The number of ether oxygens (including phenoxy) is 1. The molecule has 1 aliphatic rings. The van der Waals surface area contributed by atoms with Gasteiger partial charge in [0.1, 0.15) is 23.8 Å². The summed E-state index contributed by atoms with van der Waals surface area (Å²) in [6, 6.07) is 16.4. The number of rotatable bonds is 9. The van der Waals surface area contributed by atoms with Gasteiger partial charge < -0.3 is 14.6 Å². The molecule has 0 amide bonds. The van der Waals surface area contributed by atoms with Crippen molar-refractivity contribution in [3.8, 4) is 28.5 Å². The minimum absolute atomic E-state index is 0.0202. The van der Waals surface area contributed by atoms with Gasteiger partial charge >= 0.3 is 0 Å². The van der Waals surface area contributed by atoms with Crippen molar-refractivity contribution in [3.63, 3.8) is 0 Å². The zero-order chi connectivity index (χ0) is 28.3. The number of imidazole rings is 1. The molecule has 0 saturated heterocycles. The number of aryl methyl sites for hydroxylation is 2. The Morgan fingerprint density at radius 1 is 1.07 bits per heavy atom. The molecule has 8 nitrogen and oxygen atoms in total. The van der Waals surface area contributed by atoms with Crippen molar-refractivity contribution in [1.29, 1.82) is 0 Å². The van der Waals surface area contributed by atoms with Gasteiger partial charge in [0.05, 0.1) is 28.8 Å². The lowest BCUT2D eigenvalue weighted by atomic mass is 10.1. The van der Waals surface area contributed by atoms with Crippen molar-refractivity contribution >= 4 is 28.8 Å². The Balaban J connectivity index is 1.36. The Bertz CT molecular complexity index is 1730. The summed E-state index contributed by atoms with van der Waals surface area (Å²) in [5, 5.41) is 4.29. The molecule has 6 rings (SSSR count). The fourth-order valence-corrected chi connectivity index (χ4v) is 5.31. The van der Waals surface area contributed by atoms with E-state index in [0.717, 1.165) is 76.4 Å². The van der Waals surface area contributed by atoms with Gasteiger partial charge in [-0.15, -0.1) is 0 Å². The molecule has 0 fully saturated rings. The minimum Gasteiger partial charge on any atom is -0.475 e. The summed E-state index contributed by atoms with van der Waals surface area (Å²) in [6.07, 6.45) is 6.18. The molecule has 1 atom stereocenters. The monoisotopic (exact) mass is 549 g/mol. The highest BCUT2D eigenvalue weighted by Crippen LogP contribution is 2.39. The van der Waals surface area contributed by atoms with Crippen LogP contribution in [0, 0.1) is 12.7 Å². The highest BCUT2D eigenvalue weighted by atomic mass is 19.1. The van der Waals surface area contributed by atoms with E-state index in [1.165, 1.54) is 12.1 Å². The average molecular weight is 550 g/mol. The zero-order valence-corrected chi connectivity index (χ0v) is 23.4. The normalized spacial score (nSPS) is 14.6. The van der Waals surface area contributed by atoms with Gasteiger partial charge in [-0.05, 0) is 68.7 Å². The molecule has 0 radical (unpaired) electrons. The van der Waals surface area contributed by atoms with E-state index >= 15 is 0 Å². The highest BCUT2D eigenvalue weighted by molar-refractivity contribution is 5.92. The molecule has 0 spiro atoms. The van der Waals surface area contributed by atoms with Gasteiger partial charge in [0.15, 0.2) is 0 Å². The maximum atomic E-state index is 13.8. The number of nitrogens with one attached hydrogen (secondary N) is 1. The summed E-state index contributed by atoms with van der Waals surface area (Å²) in [6.45, 7) is 7.23. The number of aliphatic imine (C=N–C) groups is 1. The van der Waals surface area contributed by atoms with Crippen LogP contribution in [0.3, 0.4) is 0 Å². The summed E-state index contributed by atoms with van der Waals surface area (Å²) in [7, 11) is 0. The number of pyridine rings is 1. The molecular formula is C32H32FN7O. The van der Waals surface area contributed by atoms with Crippen LogP contribution >= 0.6 is 0 Å². The van der Waals surface area contributed by atoms with Gasteiger partial charge in [-0.1, -0.05) is 19.1 Å². The molecular weight excluding hydrogens is 517 g/mol. The van der Waals surface area contributed by atoms with E-state index in [-0.39, 0.29) is 11.9 Å². The smallest absolute Gasteiger partial charge is 0.223 e. The first-order valence-corrected chi connectivity index (χ1v) is 14.0. The molecule has 41 heavy (non-hydrogen) atoms.